The molecule has 0 saturated carbocycles. The van der Waals surface area contributed by atoms with Crippen molar-refractivity contribution < 1.29 is 4.39 Å². The van der Waals surface area contributed by atoms with Crippen molar-refractivity contribution >= 4 is 10.9 Å². The summed E-state index contributed by atoms with van der Waals surface area (Å²) in [6.07, 6.45) is 1.91. The van der Waals surface area contributed by atoms with Crippen molar-refractivity contribution in [3.8, 4) is 0 Å². The Bertz CT molecular complexity index is 474. The molecule has 0 spiro atoms. The molecule has 0 bridgehead atoms. The van der Waals surface area contributed by atoms with Gasteiger partial charge in [0.15, 0.2) is 0 Å². The summed E-state index contributed by atoms with van der Waals surface area (Å²) in [6, 6.07) is 6.92. The van der Waals surface area contributed by atoms with Crippen LogP contribution >= 0.6 is 0 Å². The zero-order valence-corrected chi connectivity index (χ0v) is 8.83. The van der Waals surface area contributed by atoms with E-state index in [-0.39, 0.29) is 5.82 Å². The van der Waals surface area contributed by atoms with E-state index >= 15 is 0 Å². The largest absolute Gasteiger partial charge is 0.348 e. The van der Waals surface area contributed by atoms with Crippen molar-refractivity contribution in [3.63, 3.8) is 0 Å². The van der Waals surface area contributed by atoms with Gasteiger partial charge >= 0.3 is 0 Å². The van der Waals surface area contributed by atoms with Gasteiger partial charge in [0.25, 0.3) is 0 Å². The zero-order valence-electron chi connectivity index (χ0n) is 8.83. The molecule has 1 aromatic heterocycles. The zero-order chi connectivity index (χ0) is 10.8. The Morgan fingerprint density at radius 2 is 2.13 bits per heavy atom. The van der Waals surface area contributed by atoms with Gasteiger partial charge in [0, 0.05) is 23.6 Å². The molecule has 0 aliphatic heterocycles. The molecule has 0 aliphatic rings. The van der Waals surface area contributed by atoms with Gasteiger partial charge in [0.05, 0.1) is 0 Å². The summed E-state index contributed by atoms with van der Waals surface area (Å²) in [5, 5.41) is 0.963. The minimum atomic E-state index is -0.182. The van der Waals surface area contributed by atoms with E-state index in [1.54, 1.807) is 6.07 Å². The average molecular weight is 206 g/mol. The van der Waals surface area contributed by atoms with Crippen LogP contribution in [0, 0.1) is 5.82 Å². The van der Waals surface area contributed by atoms with Crippen LogP contribution in [0.3, 0.4) is 0 Å². The molecule has 15 heavy (non-hydrogen) atoms. The third-order valence-corrected chi connectivity index (χ3v) is 2.74. The minimum absolute atomic E-state index is 0.182. The number of nitrogens with zero attached hydrogens (tertiary/aromatic N) is 1. The number of aryl methyl sites for hydroxylation is 2. The van der Waals surface area contributed by atoms with E-state index < -0.39 is 0 Å². The van der Waals surface area contributed by atoms with Gasteiger partial charge in [-0.1, -0.05) is 0 Å². The molecule has 1 heterocycles. The molecule has 0 amide bonds. The van der Waals surface area contributed by atoms with Crippen LogP contribution in [-0.2, 0) is 13.5 Å². The van der Waals surface area contributed by atoms with Crippen LogP contribution in [0.4, 0.5) is 4.39 Å². The van der Waals surface area contributed by atoms with E-state index in [4.69, 9.17) is 5.73 Å². The summed E-state index contributed by atoms with van der Waals surface area (Å²) >= 11 is 0. The predicted molar refractivity (Wildman–Crippen MR) is 60.3 cm³/mol. The molecule has 3 heteroatoms. The second-order valence-electron chi connectivity index (χ2n) is 3.79. The maximum atomic E-state index is 13.0. The second kappa shape index (κ2) is 4.03. The molecular weight excluding hydrogens is 191 g/mol. The van der Waals surface area contributed by atoms with Gasteiger partial charge in [-0.15, -0.1) is 0 Å². The number of halogens is 1. The number of aromatic nitrogens is 1. The fraction of sp³-hybridized carbons (Fsp3) is 0.333. The van der Waals surface area contributed by atoms with Gasteiger partial charge in [-0.3, -0.25) is 0 Å². The lowest BCUT2D eigenvalue weighted by Crippen LogP contribution is -2.03. The lowest BCUT2D eigenvalue weighted by Gasteiger charge is -2.02. The SMILES string of the molecule is Cn1c(CCCN)cc2cc(F)ccc21. The Morgan fingerprint density at radius 1 is 1.33 bits per heavy atom. The van der Waals surface area contributed by atoms with Gasteiger partial charge < -0.3 is 10.3 Å². The van der Waals surface area contributed by atoms with Gasteiger partial charge in [-0.2, -0.15) is 0 Å². The average Bonchev–Trinajstić information content (AvgIpc) is 2.52. The predicted octanol–water partition coefficient (Wildman–Crippen LogP) is 2.21. The fourth-order valence-corrected chi connectivity index (χ4v) is 1.90. The molecule has 80 valence electrons. The van der Waals surface area contributed by atoms with Crippen molar-refractivity contribution in [2.45, 2.75) is 12.8 Å². The van der Waals surface area contributed by atoms with E-state index in [0.29, 0.717) is 6.54 Å². The molecule has 2 nitrogen and oxygen atoms in total. The number of fused-ring (bicyclic) bond motifs is 1. The highest BCUT2D eigenvalue weighted by Gasteiger charge is 2.05. The first-order valence-electron chi connectivity index (χ1n) is 5.16. The first kappa shape index (κ1) is 10.2. The third-order valence-electron chi connectivity index (χ3n) is 2.74. The quantitative estimate of drug-likeness (QED) is 0.820. The standard InChI is InChI=1S/C12H15FN2/c1-15-11(3-2-6-14)8-9-7-10(13)4-5-12(9)15/h4-5,7-8H,2-3,6,14H2,1H3. The molecule has 0 unspecified atom stereocenters. The number of hydrogen-bond acceptors (Lipinski definition) is 1. The van der Waals surface area contributed by atoms with Gasteiger partial charge in [0.1, 0.15) is 5.82 Å². The van der Waals surface area contributed by atoms with Crippen molar-refractivity contribution in [1.82, 2.24) is 4.57 Å². The van der Waals surface area contributed by atoms with E-state index in [0.717, 1.165) is 23.7 Å². The van der Waals surface area contributed by atoms with E-state index in [1.165, 1.54) is 11.8 Å². The van der Waals surface area contributed by atoms with Crippen LogP contribution in [-0.4, -0.2) is 11.1 Å². The summed E-state index contributed by atoms with van der Waals surface area (Å²) in [7, 11) is 2.01. The molecule has 0 fully saturated rings. The number of nitrogens with two attached hydrogens (primary N) is 1. The fourth-order valence-electron chi connectivity index (χ4n) is 1.90. The molecular formula is C12H15FN2. The highest BCUT2D eigenvalue weighted by Crippen LogP contribution is 2.20. The Labute approximate surface area is 88.5 Å². The summed E-state index contributed by atoms with van der Waals surface area (Å²) in [4.78, 5) is 0. The van der Waals surface area contributed by atoms with Crippen molar-refractivity contribution in [3.05, 3.63) is 35.8 Å². The van der Waals surface area contributed by atoms with Crippen molar-refractivity contribution in [2.24, 2.45) is 12.8 Å². The molecule has 2 aromatic rings. The first-order valence-corrected chi connectivity index (χ1v) is 5.16. The Morgan fingerprint density at radius 3 is 2.87 bits per heavy atom. The summed E-state index contributed by atoms with van der Waals surface area (Å²) in [5.74, 6) is -0.182. The Balaban J connectivity index is 2.44. The topological polar surface area (TPSA) is 30.9 Å². The van der Waals surface area contributed by atoms with E-state index in [1.807, 2.05) is 19.2 Å². The Kier molecular flexibility index (Phi) is 2.73. The number of rotatable bonds is 3. The molecule has 0 atom stereocenters. The van der Waals surface area contributed by atoms with Crippen molar-refractivity contribution in [1.29, 1.82) is 0 Å². The Hall–Kier alpha value is -1.35. The highest BCUT2D eigenvalue weighted by molar-refractivity contribution is 5.81. The van der Waals surface area contributed by atoms with Gasteiger partial charge in [-0.25, -0.2) is 4.39 Å². The van der Waals surface area contributed by atoms with Crippen LogP contribution in [0.25, 0.3) is 10.9 Å². The molecule has 2 N–H and O–H groups in total. The molecule has 1 aromatic carbocycles. The van der Waals surface area contributed by atoms with Crippen LogP contribution in [0.15, 0.2) is 24.3 Å². The highest BCUT2D eigenvalue weighted by atomic mass is 19.1. The van der Waals surface area contributed by atoms with Crippen LogP contribution < -0.4 is 5.73 Å². The maximum absolute atomic E-state index is 13.0. The summed E-state index contributed by atoms with van der Waals surface area (Å²) < 4.78 is 15.1. The minimum Gasteiger partial charge on any atom is -0.348 e. The lowest BCUT2D eigenvalue weighted by atomic mass is 10.2. The van der Waals surface area contributed by atoms with Crippen LogP contribution in [0.1, 0.15) is 12.1 Å². The third kappa shape index (κ3) is 1.88. The van der Waals surface area contributed by atoms with Crippen LogP contribution in [0.2, 0.25) is 0 Å². The molecule has 2 rings (SSSR count). The van der Waals surface area contributed by atoms with Crippen molar-refractivity contribution in [2.75, 3.05) is 6.54 Å². The van der Waals surface area contributed by atoms with Gasteiger partial charge in [-0.05, 0) is 43.7 Å². The van der Waals surface area contributed by atoms with Crippen LogP contribution in [0.5, 0.6) is 0 Å². The van der Waals surface area contributed by atoms with E-state index in [2.05, 4.69) is 4.57 Å². The maximum Gasteiger partial charge on any atom is 0.123 e. The monoisotopic (exact) mass is 206 g/mol. The smallest absolute Gasteiger partial charge is 0.123 e. The van der Waals surface area contributed by atoms with Gasteiger partial charge in [0.2, 0.25) is 0 Å². The normalized spacial score (nSPS) is 11.1. The first-order chi connectivity index (χ1) is 7.22. The number of benzene rings is 1. The van der Waals surface area contributed by atoms with E-state index in [9.17, 15) is 4.39 Å². The summed E-state index contributed by atoms with van der Waals surface area (Å²) in [6.45, 7) is 0.690. The summed E-state index contributed by atoms with van der Waals surface area (Å²) in [5.41, 5.74) is 7.76. The molecule has 0 radical (unpaired) electrons. The second-order valence-corrected chi connectivity index (χ2v) is 3.79. The lowest BCUT2D eigenvalue weighted by molar-refractivity contribution is 0.629. The number of hydrogen-bond donors (Lipinski definition) is 1. The molecule has 0 saturated heterocycles. The molecule has 0 aliphatic carbocycles.